The molecule has 0 bridgehead atoms. The number of benzene rings is 5. The van der Waals surface area contributed by atoms with E-state index in [-0.39, 0.29) is 0 Å². The second-order valence-corrected chi connectivity index (χ2v) is 12.6. The molecule has 0 saturated heterocycles. The van der Waals surface area contributed by atoms with Gasteiger partial charge in [-0.2, -0.15) is 5.26 Å². The number of nitrogens with zero attached hydrogens (tertiary/aromatic N) is 3. The lowest BCUT2D eigenvalue weighted by Gasteiger charge is -2.17. The number of aromatic nitrogens is 2. The summed E-state index contributed by atoms with van der Waals surface area (Å²) in [5.41, 5.74) is 13.1. The Morgan fingerprint density at radius 1 is 0.660 bits per heavy atom. The molecule has 2 aliphatic rings. The molecule has 0 atom stereocenters. The van der Waals surface area contributed by atoms with Crippen LogP contribution in [0.2, 0.25) is 0 Å². The van der Waals surface area contributed by atoms with Gasteiger partial charge in [0.25, 0.3) is 0 Å². The van der Waals surface area contributed by atoms with E-state index in [0.717, 1.165) is 81.3 Å². The van der Waals surface area contributed by atoms with Crippen molar-refractivity contribution in [2.24, 2.45) is 0 Å². The van der Waals surface area contributed by atoms with Gasteiger partial charge < -0.3 is 13.6 Å². The Kier molecular flexibility index (Phi) is 5.56. The van der Waals surface area contributed by atoms with E-state index >= 15 is 0 Å². The molecule has 5 aromatic carbocycles. The summed E-state index contributed by atoms with van der Waals surface area (Å²) >= 11 is 0. The van der Waals surface area contributed by atoms with Crippen LogP contribution in [-0.2, 0) is 12.8 Å². The van der Waals surface area contributed by atoms with Gasteiger partial charge >= 0.3 is 0 Å². The molecule has 0 spiro atoms. The fourth-order valence-corrected chi connectivity index (χ4v) is 8.00. The maximum atomic E-state index is 10.0. The third-order valence-corrected chi connectivity index (χ3v) is 10.1. The van der Waals surface area contributed by atoms with E-state index in [4.69, 9.17) is 4.42 Å². The van der Waals surface area contributed by atoms with Crippen LogP contribution in [0.25, 0.3) is 78.3 Å². The molecular weight excluding hydrogens is 574 g/mol. The lowest BCUT2D eigenvalue weighted by molar-refractivity contribution is 0.548. The third-order valence-electron chi connectivity index (χ3n) is 10.1. The van der Waals surface area contributed by atoms with Crippen LogP contribution in [0, 0.1) is 11.3 Å². The van der Waals surface area contributed by atoms with E-state index in [0.29, 0.717) is 5.56 Å². The first kappa shape index (κ1) is 26.2. The summed E-state index contributed by atoms with van der Waals surface area (Å²) in [7, 11) is 0. The number of furan rings is 1. The molecule has 0 fully saturated rings. The summed E-state index contributed by atoms with van der Waals surface area (Å²) in [6, 6.07) is 39.0. The molecule has 0 aliphatic heterocycles. The van der Waals surface area contributed by atoms with Crippen molar-refractivity contribution in [3.63, 3.8) is 0 Å². The Morgan fingerprint density at radius 3 is 2.38 bits per heavy atom. The summed E-state index contributed by atoms with van der Waals surface area (Å²) in [4.78, 5) is 0. The molecule has 8 aromatic rings. The summed E-state index contributed by atoms with van der Waals surface area (Å²) in [6.45, 7) is 0. The summed E-state index contributed by atoms with van der Waals surface area (Å²) in [5, 5.41) is 14.8. The number of rotatable bonds is 3. The fourth-order valence-electron chi connectivity index (χ4n) is 8.00. The van der Waals surface area contributed by atoms with Gasteiger partial charge in [-0.3, -0.25) is 0 Å². The second-order valence-electron chi connectivity index (χ2n) is 12.6. The van der Waals surface area contributed by atoms with Crippen molar-refractivity contribution >= 4 is 55.8 Å². The Labute approximate surface area is 271 Å². The minimum Gasteiger partial charge on any atom is -0.458 e. The molecule has 4 heteroatoms. The van der Waals surface area contributed by atoms with Crippen molar-refractivity contribution in [1.82, 2.24) is 9.13 Å². The molecule has 10 rings (SSSR count). The highest BCUT2D eigenvalue weighted by Gasteiger charge is 2.24. The third kappa shape index (κ3) is 3.74. The monoisotopic (exact) mass is 603 g/mol. The van der Waals surface area contributed by atoms with Crippen LogP contribution in [0.4, 0.5) is 0 Å². The highest BCUT2D eigenvalue weighted by Crippen LogP contribution is 2.43. The quantitative estimate of drug-likeness (QED) is 0.202. The largest absolute Gasteiger partial charge is 0.458 e. The Morgan fingerprint density at radius 2 is 1.47 bits per heavy atom. The maximum absolute atomic E-state index is 10.0. The van der Waals surface area contributed by atoms with Crippen molar-refractivity contribution in [3.8, 4) is 28.6 Å². The van der Waals surface area contributed by atoms with Crippen molar-refractivity contribution in [2.75, 3.05) is 0 Å². The molecule has 47 heavy (non-hydrogen) atoms. The van der Waals surface area contributed by atoms with Gasteiger partial charge in [0.15, 0.2) is 5.58 Å². The van der Waals surface area contributed by atoms with Crippen molar-refractivity contribution in [1.29, 1.82) is 5.26 Å². The molecule has 3 aromatic heterocycles. The van der Waals surface area contributed by atoms with Crippen LogP contribution in [0.1, 0.15) is 41.0 Å². The number of allylic oxidation sites excluding steroid dienone is 2. The predicted octanol–water partition coefficient (Wildman–Crippen LogP) is 10.9. The first-order valence-corrected chi connectivity index (χ1v) is 16.4. The molecule has 222 valence electrons. The lowest BCUT2D eigenvalue weighted by Crippen LogP contribution is -2.03. The minimum atomic E-state index is 0.648. The van der Waals surface area contributed by atoms with Gasteiger partial charge in [-0.1, -0.05) is 72.8 Å². The van der Waals surface area contributed by atoms with Crippen LogP contribution in [0.3, 0.4) is 0 Å². The summed E-state index contributed by atoms with van der Waals surface area (Å²) in [5.74, 6) is 1.07. The zero-order valence-electron chi connectivity index (χ0n) is 25.7. The highest BCUT2D eigenvalue weighted by atomic mass is 16.3. The number of hydrogen-bond acceptors (Lipinski definition) is 2. The first-order valence-electron chi connectivity index (χ1n) is 16.4. The Bertz CT molecular complexity index is 2690. The molecule has 0 unspecified atom stereocenters. The number of nitriles is 1. The number of fused-ring (bicyclic) bond motifs is 10. The van der Waals surface area contributed by atoms with Crippen molar-refractivity contribution in [2.45, 2.75) is 25.7 Å². The van der Waals surface area contributed by atoms with Gasteiger partial charge in [0.1, 0.15) is 5.76 Å². The van der Waals surface area contributed by atoms with Gasteiger partial charge in [-0.05, 0) is 85.0 Å². The maximum Gasteiger partial charge on any atom is 0.159 e. The average molecular weight is 604 g/mol. The van der Waals surface area contributed by atoms with Gasteiger partial charge in [-0.25, -0.2) is 0 Å². The summed E-state index contributed by atoms with van der Waals surface area (Å²) in [6.07, 6.45) is 13.0. The highest BCUT2D eigenvalue weighted by molar-refractivity contribution is 6.19. The smallest absolute Gasteiger partial charge is 0.159 e. The van der Waals surface area contributed by atoms with Crippen molar-refractivity contribution < 1.29 is 4.42 Å². The second kappa shape index (κ2) is 9.97. The molecule has 0 N–H and O–H groups in total. The average Bonchev–Trinajstić information content (AvgIpc) is 3.79. The number of para-hydroxylation sites is 2. The van der Waals surface area contributed by atoms with E-state index in [9.17, 15) is 5.26 Å². The van der Waals surface area contributed by atoms with Crippen LogP contribution < -0.4 is 0 Å². The van der Waals surface area contributed by atoms with E-state index in [1.165, 1.54) is 33.1 Å². The number of aryl methyl sites for hydroxylation is 2. The van der Waals surface area contributed by atoms with Crippen LogP contribution in [0.15, 0.2) is 120 Å². The van der Waals surface area contributed by atoms with Crippen LogP contribution in [0.5, 0.6) is 0 Å². The van der Waals surface area contributed by atoms with Gasteiger partial charge in [0.2, 0.25) is 0 Å². The van der Waals surface area contributed by atoms with E-state index < -0.39 is 0 Å². The van der Waals surface area contributed by atoms with Gasteiger partial charge in [-0.15, -0.1) is 0 Å². The standard InChI is InChI=1S/C43H29N3O/c44-26-27-18-20-30(40(24-27)46-37-15-7-4-12-31(37)32-13-5-8-16-38(32)46)28-19-23-39-36(25-28)34-21-22-35-33-14-6-9-17-41(33)47-43(35)42(34)45(39)29-10-2-1-3-11-29/h1-4,6-8,10-12,14-16,18-25H,5,9,13,17H2. The minimum absolute atomic E-state index is 0.648. The predicted molar refractivity (Wildman–Crippen MR) is 192 cm³/mol. The topological polar surface area (TPSA) is 46.8 Å². The zero-order chi connectivity index (χ0) is 31.1. The first-order chi connectivity index (χ1) is 23.3. The Balaban J connectivity index is 1.28. The van der Waals surface area contributed by atoms with E-state index in [2.05, 4.69) is 131 Å². The SMILES string of the molecule is N#Cc1ccc(-c2ccc3c(c2)c2ccc4c5c(oc4c2n3-c2ccccc2)CCC=C5)c(-n2c3c(c4ccccc42)CCC=C3)c1. The van der Waals surface area contributed by atoms with Crippen LogP contribution in [-0.4, -0.2) is 9.13 Å². The molecule has 0 amide bonds. The van der Waals surface area contributed by atoms with Gasteiger partial charge in [0, 0.05) is 50.5 Å². The normalized spacial score (nSPS) is 13.9. The molecule has 3 heterocycles. The van der Waals surface area contributed by atoms with E-state index in [1.807, 2.05) is 12.1 Å². The molecule has 0 saturated carbocycles. The van der Waals surface area contributed by atoms with Crippen molar-refractivity contribution in [3.05, 3.63) is 143 Å². The molecule has 0 radical (unpaired) electrons. The van der Waals surface area contributed by atoms with Crippen LogP contribution >= 0.6 is 0 Å². The molecule has 2 aliphatic carbocycles. The van der Waals surface area contributed by atoms with E-state index in [1.54, 1.807) is 0 Å². The summed E-state index contributed by atoms with van der Waals surface area (Å²) < 4.78 is 11.4. The lowest BCUT2D eigenvalue weighted by atomic mass is 9.98. The fraction of sp³-hybridized carbons (Fsp3) is 0.0930. The zero-order valence-corrected chi connectivity index (χ0v) is 25.7. The number of hydrogen-bond donors (Lipinski definition) is 0. The van der Waals surface area contributed by atoms with Gasteiger partial charge in [0.05, 0.1) is 33.9 Å². The molecule has 4 nitrogen and oxygen atoms in total. The Hall–Kier alpha value is -6.05. The molecular formula is C43H29N3O.